The van der Waals surface area contributed by atoms with Crippen LogP contribution in [0.2, 0.25) is 0 Å². The van der Waals surface area contributed by atoms with E-state index in [1.165, 1.54) is 18.6 Å². The molecule has 21 heavy (non-hydrogen) atoms. The van der Waals surface area contributed by atoms with Crippen LogP contribution in [0, 0.1) is 4.77 Å². The van der Waals surface area contributed by atoms with Gasteiger partial charge in [-0.25, -0.2) is 0 Å². The van der Waals surface area contributed by atoms with E-state index in [4.69, 9.17) is 12.2 Å². The Bertz CT molecular complexity index is 655. The van der Waals surface area contributed by atoms with E-state index in [-0.39, 0.29) is 12.5 Å². The van der Waals surface area contributed by atoms with E-state index in [2.05, 4.69) is 15.5 Å². The second-order valence-electron chi connectivity index (χ2n) is 4.85. The molecule has 1 aliphatic heterocycles. The fraction of sp³-hybridized carbons (Fsp3) is 0.462. The average Bonchev–Trinajstić information content (AvgIpc) is 3.19. The lowest BCUT2D eigenvalue weighted by molar-refractivity contribution is -0.121. The van der Waals surface area contributed by atoms with Crippen LogP contribution in [0.3, 0.4) is 0 Å². The van der Waals surface area contributed by atoms with Crippen LogP contribution in [-0.4, -0.2) is 38.2 Å². The van der Waals surface area contributed by atoms with Gasteiger partial charge in [-0.05, 0) is 42.3 Å². The minimum Gasteiger partial charge on any atom is -0.353 e. The van der Waals surface area contributed by atoms with Gasteiger partial charge in [0.15, 0.2) is 10.6 Å². The molecule has 0 saturated carbocycles. The van der Waals surface area contributed by atoms with Gasteiger partial charge in [0.25, 0.3) is 0 Å². The summed E-state index contributed by atoms with van der Waals surface area (Å²) in [5.41, 5.74) is 0. The molecule has 1 fully saturated rings. The molecule has 1 saturated heterocycles. The summed E-state index contributed by atoms with van der Waals surface area (Å²) < 4.78 is 2.22. The molecule has 112 valence electrons. The summed E-state index contributed by atoms with van der Waals surface area (Å²) in [7, 11) is 0. The Kier molecular flexibility index (Phi) is 4.77. The van der Waals surface area contributed by atoms with E-state index in [9.17, 15) is 4.79 Å². The van der Waals surface area contributed by atoms with Gasteiger partial charge in [0, 0.05) is 11.8 Å². The first-order valence-electron chi connectivity index (χ1n) is 6.81. The number of carbonyl (C=O) groups is 1. The normalized spacial score (nSPS) is 18.0. The number of H-pyrrole nitrogens is 1. The van der Waals surface area contributed by atoms with Crippen molar-refractivity contribution in [3.63, 3.8) is 0 Å². The van der Waals surface area contributed by atoms with Crippen LogP contribution in [0.25, 0.3) is 10.7 Å². The number of rotatable bonds is 5. The van der Waals surface area contributed by atoms with E-state index in [0.717, 1.165) is 17.2 Å². The maximum Gasteiger partial charge on any atom is 0.240 e. The molecule has 1 atom stereocenters. The molecule has 0 unspecified atom stereocenters. The number of carbonyl (C=O) groups excluding carboxylic acids is 1. The molecule has 2 aromatic heterocycles. The third-order valence-corrected chi connectivity index (χ3v) is 5.93. The molecule has 0 aromatic carbocycles. The van der Waals surface area contributed by atoms with Gasteiger partial charge in [-0.2, -0.15) is 16.9 Å². The average molecular weight is 340 g/mol. The number of hydrogen-bond donors (Lipinski definition) is 2. The predicted molar refractivity (Wildman–Crippen MR) is 89.2 cm³/mol. The van der Waals surface area contributed by atoms with E-state index in [0.29, 0.717) is 10.0 Å². The standard InChI is InChI=1S/C13H16N4OS3/c18-11(14-7-9-3-1-5-20-9)8-17-12(15-16-13(17)19)10-4-2-6-21-10/h2,4,6,9H,1,3,5,7-8H2,(H,14,18)(H,16,19)/t9-/m0/s1. The Morgan fingerprint density at radius 2 is 2.52 bits per heavy atom. The van der Waals surface area contributed by atoms with Crippen LogP contribution in [0.4, 0.5) is 0 Å². The van der Waals surface area contributed by atoms with E-state index in [1.54, 1.807) is 15.9 Å². The summed E-state index contributed by atoms with van der Waals surface area (Å²) >= 11 is 8.74. The smallest absolute Gasteiger partial charge is 0.240 e. The first kappa shape index (κ1) is 14.8. The van der Waals surface area contributed by atoms with E-state index < -0.39 is 0 Å². The highest BCUT2D eigenvalue weighted by molar-refractivity contribution is 8.00. The number of aromatic amines is 1. The zero-order chi connectivity index (χ0) is 14.7. The number of nitrogens with zero attached hydrogens (tertiary/aromatic N) is 2. The molecular formula is C13H16N4OS3. The molecule has 3 heterocycles. The minimum absolute atomic E-state index is 0.0159. The van der Waals surface area contributed by atoms with Crippen LogP contribution < -0.4 is 5.32 Å². The van der Waals surface area contributed by atoms with Crippen LogP contribution in [0.15, 0.2) is 17.5 Å². The zero-order valence-electron chi connectivity index (χ0n) is 11.4. The topological polar surface area (TPSA) is 62.7 Å². The quantitative estimate of drug-likeness (QED) is 0.822. The van der Waals surface area contributed by atoms with Gasteiger partial charge in [-0.3, -0.25) is 14.5 Å². The maximum absolute atomic E-state index is 12.1. The highest BCUT2D eigenvalue weighted by atomic mass is 32.2. The lowest BCUT2D eigenvalue weighted by Crippen LogP contribution is -2.32. The molecule has 0 bridgehead atoms. The predicted octanol–water partition coefficient (Wildman–Crippen LogP) is 2.68. The molecule has 8 heteroatoms. The summed E-state index contributed by atoms with van der Waals surface area (Å²) in [5, 5.41) is 12.5. The summed E-state index contributed by atoms with van der Waals surface area (Å²) in [6.07, 6.45) is 2.44. The zero-order valence-corrected chi connectivity index (χ0v) is 13.8. The third-order valence-electron chi connectivity index (χ3n) is 3.35. The monoisotopic (exact) mass is 340 g/mol. The van der Waals surface area contributed by atoms with Gasteiger partial charge in [0.05, 0.1) is 4.88 Å². The molecular weight excluding hydrogens is 324 g/mol. The summed E-state index contributed by atoms with van der Waals surface area (Å²) in [5.74, 6) is 1.91. The van der Waals surface area contributed by atoms with Gasteiger partial charge in [0.1, 0.15) is 6.54 Å². The number of thioether (sulfide) groups is 1. The lowest BCUT2D eigenvalue weighted by atomic mass is 10.2. The number of thiophene rings is 1. The minimum atomic E-state index is -0.0159. The lowest BCUT2D eigenvalue weighted by Gasteiger charge is -2.11. The molecule has 1 aliphatic rings. The highest BCUT2D eigenvalue weighted by Gasteiger charge is 2.17. The van der Waals surface area contributed by atoms with Crippen LogP contribution in [0.1, 0.15) is 12.8 Å². The highest BCUT2D eigenvalue weighted by Crippen LogP contribution is 2.25. The van der Waals surface area contributed by atoms with E-state index in [1.807, 2.05) is 29.3 Å². The number of nitrogens with one attached hydrogen (secondary N) is 2. The molecule has 2 N–H and O–H groups in total. The van der Waals surface area contributed by atoms with Crippen LogP contribution in [0.5, 0.6) is 0 Å². The first-order chi connectivity index (χ1) is 10.2. The molecule has 0 radical (unpaired) electrons. The van der Waals surface area contributed by atoms with Crippen molar-refractivity contribution in [1.82, 2.24) is 20.1 Å². The molecule has 0 spiro atoms. The van der Waals surface area contributed by atoms with Gasteiger partial charge in [-0.1, -0.05) is 6.07 Å². The summed E-state index contributed by atoms with van der Waals surface area (Å²) in [4.78, 5) is 13.1. The van der Waals surface area contributed by atoms with Gasteiger partial charge in [-0.15, -0.1) is 11.3 Å². The Hall–Kier alpha value is -1.12. The molecule has 1 amide bonds. The van der Waals surface area contributed by atoms with Crippen molar-refractivity contribution >= 4 is 41.2 Å². The Balaban J connectivity index is 1.65. The molecule has 5 nitrogen and oxygen atoms in total. The number of hydrogen-bond acceptors (Lipinski definition) is 5. The van der Waals surface area contributed by atoms with Gasteiger partial charge < -0.3 is 5.32 Å². The third kappa shape index (κ3) is 3.56. The van der Waals surface area contributed by atoms with Crippen molar-refractivity contribution in [3.8, 4) is 10.7 Å². The van der Waals surface area contributed by atoms with Crippen molar-refractivity contribution in [1.29, 1.82) is 0 Å². The summed E-state index contributed by atoms with van der Waals surface area (Å²) in [6, 6.07) is 3.93. The fourth-order valence-electron chi connectivity index (χ4n) is 2.29. The van der Waals surface area contributed by atoms with Gasteiger partial charge in [0.2, 0.25) is 5.91 Å². The largest absolute Gasteiger partial charge is 0.353 e. The Morgan fingerprint density at radius 3 is 3.24 bits per heavy atom. The van der Waals surface area contributed by atoms with Crippen LogP contribution in [-0.2, 0) is 11.3 Å². The molecule has 0 aliphatic carbocycles. The number of amides is 1. The van der Waals surface area contributed by atoms with Crippen LogP contribution >= 0.6 is 35.3 Å². The second kappa shape index (κ2) is 6.76. The van der Waals surface area contributed by atoms with Crippen molar-refractivity contribution in [2.24, 2.45) is 0 Å². The fourth-order valence-corrected chi connectivity index (χ4v) is 4.41. The first-order valence-corrected chi connectivity index (χ1v) is 9.15. The Labute approximate surface area is 136 Å². The second-order valence-corrected chi connectivity index (χ2v) is 7.60. The summed E-state index contributed by atoms with van der Waals surface area (Å²) in [6.45, 7) is 0.947. The Morgan fingerprint density at radius 1 is 1.62 bits per heavy atom. The maximum atomic E-state index is 12.1. The van der Waals surface area contributed by atoms with Crippen molar-refractivity contribution < 1.29 is 4.79 Å². The van der Waals surface area contributed by atoms with Gasteiger partial charge >= 0.3 is 0 Å². The molecule has 3 rings (SSSR count). The molecule has 2 aromatic rings. The van der Waals surface area contributed by atoms with Crippen molar-refractivity contribution in [2.45, 2.75) is 24.6 Å². The SMILES string of the molecule is O=C(Cn1c(-c2cccs2)n[nH]c1=S)NC[C@@H]1CCCS1. The van der Waals surface area contributed by atoms with E-state index >= 15 is 0 Å². The van der Waals surface area contributed by atoms with Crippen molar-refractivity contribution in [2.75, 3.05) is 12.3 Å². The van der Waals surface area contributed by atoms with Crippen molar-refractivity contribution in [3.05, 3.63) is 22.3 Å². The number of aromatic nitrogens is 3.